The van der Waals surface area contributed by atoms with E-state index in [0.29, 0.717) is 0 Å². The van der Waals surface area contributed by atoms with Crippen molar-refractivity contribution in [2.24, 2.45) is 5.73 Å². The second kappa shape index (κ2) is 5.19. The van der Waals surface area contributed by atoms with Crippen LogP contribution in [0.1, 0.15) is 11.3 Å². The Bertz CT molecular complexity index is 369. The maximum Gasteiger partial charge on any atom is 0.423 e. The molecule has 2 N–H and O–H groups in total. The Morgan fingerprint density at radius 1 is 1.17 bits per heavy atom. The van der Waals surface area contributed by atoms with Crippen molar-refractivity contribution in [3.05, 3.63) is 23.7 Å². The zero-order valence-corrected chi connectivity index (χ0v) is 8.81. The third kappa shape index (κ3) is 3.64. The number of hydrogen-bond acceptors (Lipinski definition) is 3. The minimum atomic E-state index is -5.52. The Balaban J connectivity index is 2.75. The highest BCUT2D eigenvalue weighted by Gasteiger charge is 2.58. The first kappa shape index (κ1) is 14.8. The smallest absolute Gasteiger partial charge is 0.423 e. The Morgan fingerprint density at radius 3 is 2.17 bits per heavy atom. The van der Waals surface area contributed by atoms with Gasteiger partial charge in [-0.3, -0.25) is 0 Å². The first-order valence-corrected chi connectivity index (χ1v) is 4.66. The summed E-state index contributed by atoms with van der Waals surface area (Å²) >= 11 is 0. The van der Waals surface area contributed by atoms with E-state index < -0.39 is 25.1 Å². The molecule has 0 atom stereocenters. The molecule has 0 spiro atoms. The number of halogens is 6. The topological polar surface area (TPSA) is 48.4 Å². The van der Waals surface area contributed by atoms with E-state index >= 15 is 0 Å². The van der Waals surface area contributed by atoms with Gasteiger partial charge in [-0.2, -0.15) is 26.3 Å². The fraction of sp³-hybridized carbons (Fsp3) is 0.556. The second-order valence-electron chi connectivity index (χ2n) is 3.35. The molecule has 0 saturated carbocycles. The van der Waals surface area contributed by atoms with E-state index in [1.807, 2.05) is 0 Å². The van der Waals surface area contributed by atoms with Crippen LogP contribution in [0.25, 0.3) is 0 Å². The van der Waals surface area contributed by atoms with E-state index in [1.165, 1.54) is 6.07 Å². The van der Waals surface area contributed by atoms with E-state index in [0.717, 1.165) is 6.26 Å². The highest BCUT2D eigenvalue weighted by molar-refractivity contribution is 5.15. The molecule has 0 aliphatic carbocycles. The number of ether oxygens (including phenoxy) is 1. The normalized spacial score (nSPS) is 13.3. The first-order valence-electron chi connectivity index (χ1n) is 4.66. The van der Waals surface area contributed by atoms with Crippen LogP contribution in [0.2, 0.25) is 0 Å². The fourth-order valence-corrected chi connectivity index (χ4v) is 1.22. The van der Waals surface area contributed by atoms with Crippen LogP contribution in [0.4, 0.5) is 26.3 Å². The van der Waals surface area contributed by atoms with Gasteiger partial charge in [-0.25, -0.2) is 0 Å². The number of nitrogens with two attached hydrogens (primary N) is 1. The van der Waals surface area contributed by atoms with Gasteiger partial charge in [0.25, 0.3) is 0 Å². The Morgan fingerprint density at radius 2 is 1.72 bits per heavy atom. The van der Waals surface area contributed by atoms with Crippen molar-refractivity contribution < 1.29 is 35.5 Å². The number of furan rings is 1. The van der Waals surface area contributed by atoms with Crippen molar-refractivity contribution in [1.82, 2.24) is 0 Å². The number of rotatable bonds is 4. The molecule has 1 aromatic rings. The molecule has 9 heteroatoms. The standard InChI is InChI=1S/C9H9F6NO2/c10-8(11,12)7(9(13,14)15)18-4-5-1-2-17-6(5)3-16/h1-2,7H,3-4,16H2. The molecule has 0 radical (unpaired) electrons. The van der Waals surface area contributed by atoms with Gasteiger partial charge in [0.15, 0.2) is 0 Å². The summed E-state index contributed by atoms with van der Waals surface area (Å²) in [5.74, 6) is 0.0816. The van der Waals surface area contributed by atoms with Crippen LogP contribution in [-0.2, 0) is 17.9 Å². The molecule has 0 aromatic carbocycles. The lowest BCUT2D eigenvalue weighted by Crippen LogP contribution is -2.44. The maximum absolute atomic E-state index is 12.1. The van der Waals surface area contributed by atoms with E-state index in [4.69, 9.17) is 10.2 Å². The largest absolute Gasteiger partial charge is 0.468 e. The van der Waals surface area contributed by atoms with E-state index in [9.17, 15) is 26.3 Å². The van der Waals surface area contributed by atoms with Crippen LogP contribution < -0.4 is 5.73 Å². The lowest BCUT2D eigenvalue weighted by Gasteiger charge is -2.22. The highest BCUT2D eigenvalue weighted by Crippen LogP contribution is 2.36. The van der Waals surface area contributed by atoms with Crippen molar-refractivity contribution in [2.75, 3.05) is 0 Å². The van der Waals surface area contributed by atoms with E-state index in [1.54, 1.807) is 0 Å². The molecule has 0 aliphatic rings. The summed E-state index contributed by atoms with van der Waals surface area (Å²) in [6, 6.07) is 1.20. The molecule has 104 valence electrons. The number of hydrogen-bond donors (Lipinski definition) is 1. The molecular formula is C9H9F6NO2. The van der Waals surface area contributed by atoms with Crippen LogP contribution in [0, 0.1) is 0 Å². The molecule has 18 heavy (non-hydrogen) atoms. The van der Waals surface area contributed by atoms with Gasteiger partial charge in [0.05, 0.1) is 19.4 Å². The van der Waals surface area contributed by atoms with Gasteiger partial charge in [0, 0.05) is 5.56 Å². The monoisotopic (exact) mass is 277 g/mol. The van der Waals surface area contributed by atoms with E-state index in [2.05, 4.69) is 4.74 Å². The summed E-state index contributed by atoms with van der Waals surface area (Å²) in [5, 5.41) is 0. The lowest BCUT2D eigenvalue weighted by molar-refractivity contribution is -0.324. The molecule has 0 saturated heterocycles. The van der Waals surface area contributed by atoms with Crippen molar-refractivity contribution in [1.29, 1.82) is 0 Å². The average molecular weight is 277 g/mol. The molecule has 1 heterocycles. The van der Waals surface area contributed by atoms with Gasteiger partial charge in [-0.05, 0) is 6.07 Å². The molecule has 3 nitrogen and oxygen atoms in total. The maximum atomic E-state index is 12.1. The lowest BCUT2D eigenvalue weighted by atomic mass is 10.2. The zero-order chi connectivity index (χ0) is 14.0. The van der Waals surface area contributed by atoms with Crippen molar-refractivity contribution in [3.8, 4) is 0 Å². The van der Waals surface area contributed by atoms with Crippen molar-refractivity contribution in [3.63, 3.8) is 0 Å². The van der Waals surface area contributed by atoms with E-state index in [-0.39, 0.29) is 17.9 Å². The van der Waals surface area contributed by atoms with Crippen LogP contribution in [0.3, 0.4) is 0 Å². The molecular weight excluding hydrogens is 268 g/mol. The SMILES string of the molecule is NCc1occc1COC(C(F)(F)F)C(F)(F)F. The van der Waals surface area contributed by atoms with Gasteiger partial charge in [0.2, 0.25) is 6.10 Å². The van der Waals surface area contributed by atoms with Crippen molar-refractivity contribution >= 4 is 0 Å². The summed E-state index contributed by atoms with van der Waals surface area (Å²) in [4.78, 5) is 0. The van der Waals surface area contributed by atoms with Crippen LogP contribution >= 0.6 is 0 Å². The molecule has 1 aromatic heterocycles. The van der Waals surface area contributed by atoms with Crippen LogP contribution in [0.15, 0.2) is 16.7 Å². The molecule has 0 amide bonds. The molecule has 0 aliphatic heterocycles. The first-order chi connectivity index (χ1) is 8.16. The summed E-state index contributed by atoms with van der Waals surface area (Å²) in [6.07, 6.45) is -13.8. The zero-order valence-electron chi connectivity index (χ0n) is 8.81. The Hall–Kier alpha value is -1.22. The number of alkyl halides is 6. The minimum Gasteiger partial charge on any atom is -0.468 e. The highest BCUT2D eigenvalue weighted by atomic mass is 19.4. The third-order valence-corrected chi connectivity index (χ3v) is 2.02. The van der Waals surface area contributed by atoms with Gasteiger partial charge < -0.3 is 14.9 Å². The summed E-state index contributed by atoms with van der Waals surface area (Å²) < 4.78 is 81.4. The summed E-state index contributed by atoms with van der Waals surface area (Å²) in [6.45, 7) is -1.03. The fourth-order valence-electron chi connectivity index (χ4n) is 1.22. The van der Waals surface area contributed by atoms with Gasteiger partial charge in [-0.1, -0.05) is 0 Å². The Labute approximate surface area is 97.5 Å². The molecule has 0 unspecified atom stereocenters. The van der Waals surface area contributed by atoms with Crippen molar-refractivity contribution in [2.45, 2.75) is 31.6 Å². The predicted octanol–water partition coefficient (Wildman–Crippen LogP) is 2.75. The Kier molecular flexibility index (Phi) is 4.28. The summed E-state index contributed by atoms with van der Waals surface area (Å²) in [5.41, 5.74) is 5.23. The van der Waals surface area contributed by atoms with Crippen LogP contribution in [-0.4, -0.2) is 18.5 Å². The quantitative estimate of drug-likeness (QED) is 0.861. The third-order valence-electron chi connectivity index (χ3n) is 2.02. The molecule has 0 bridgehead atoms. The van der Waals surface area contributed by atoms with Gasteiger partial charge in [-0.15, -0.1) is 0 Å². The average Bonchev–Trinajstić information content (AvgIpc) is 2.61. The predicted molar refractivity (Wildman–Crippen MR) is 47.3 cm³/mol. The van der Waals surface area contributed by atoms with Crippen LogP contribution in [0.5, 0.6) is 0 Å². The molecule has 0 fully saturated rings. The second-order valence-corrected chi connectivity index (χ2v) is 3.35. The van der Waals surface area contributed by atoms with Gasteiger partial charge in [0.1, 0.15) is 5.76 Å². The summed E-state index contributed by atoms with van der Waals surface area (Å²) in [7, 11) is 0. The minimum absolute atomic E-state index is 0.0519. The van der Waals surface area contributed by atoms with Gasteiger partial charge >= 0.3 is 12.4 Å². The molecule has 1 rings (SSSR count).